The number of ether oxygens (including phenoxy) is 1. The molecular weight excluding hydrogens is 362 g/mol. The van der Waals surface area contributed by atoms with Gasteiger partial charge >= 0.3 is 12.0 Å². The standard InChI is InChI=1S/C19H23N5O4/c1-24(2)16-9-4-13(10-20-16)11-22-19(27)23-15-7-5-14(6-8-15)18(26)21-12-17(25)28-3/h4-10H,11-12H2,1-3H3,(H,21,26)(H2,22,23,27). The molecule has 2 rings (SSSR count). The Labute approximate surface area is 163 Å². The van der Waals surface area contributed by atoms with Crippen molar-refractivity contribution in [2.75, 3.05) is 38.0 Å². The molecule has 0 bridgehead atoms. The highest BCUT2D eigenvalue weighted by atomic mass is 16.5. The quantitative estimate of drug-likeness (QED) is 0.621. The Hall–Kier alpha value is -3.62. The lowest BCUT2D eigenvalue weighted by molar-refractivity contribution is -0.139. The zero-order chi connectivity index (χ0) is 20.5. The van der Waals surface area contributed by atoms with Crippen LogP contribution in [0.25, 0.3) is 0 Å². The first-order valence-electron chi connectivity index (χ1n) is 8.51. The maximum Gasteiger partial charge on any atom is 0.325 e. The van der Waals surface area contributed by atoms with Crippen LogP contribution < -0.4 is 20.9 Å². The van der Waals surface area contributed by atoms with Crippen molar-refractivity contribution >= 4 is 29.4 Å². The first-order chi connectivity index (χ1) is 13.4. The summed E-state index contributed by atoms with van der Waals surface area (Å²) in [7, 11) is 5.05. The van der Waals surface area contributed by atoms with Crippen LogP contribution in [0.4, 0.5) is 16.3 Å². The molecule has 9 heteroatoms. The molecule has 1 aromatic heterocycles. The smallest absolute Gasteiger partial charge is 0.325 e. The van der Waals surface area contributed by atoms with E-state index in [-0.39, 0.29) is 12.6 Å². The number of benzene rings is 1. The second-order valence-electron chi connectivity index (χ2n) is 6.06. The van der Waals surface area contributed by atoms with Gasteiger partial charge in [-0.3, -0.25) is 9.59 Å². The maximum atomic E-state index is 12.0. The van der Waals surface area contributed by atoms with E-state index in [4.69, 9.17) is 0 Å². The molecule has 9 nitrogen and oxygen atoms in total. The molecule has 2 aromatic rings. The van der Waals surface area contributed by atoms with Crippen molar-refractivity contribution in [1.29, 1.82) is 0 Å². The van der Waals surface area contributed by atoms with Crippen LogP contribution in [0.2, 0.25) is 0 Å². The van der Waals surface area contributed by atoms with Crippen LogP contribution in [0, 0.1) is 0 Å². The molecule has 3 N–H and O–H groups in total. The second-order valence-corrected chi connectivity index (χ2v) is 6.06. The van der Waals surface area contributed by atoms with Gasteiger partial charge in [-0.15, -0.1) is 0 Å². The number of pyridine rings is 1. The van der Waals surface area contributed by atoms with Crippen molar-refractivity contribution in [2.45, 2.75) is 6.54 Å². The van der Waals surface area contributed by atoms with Gasteiger partial charge in [-0.2, -0.15) is 0 Å². The van der Waals surface area contributed by atoms with Crippen molar-refractivity contribution in [3.05, 3.63) is 53.7 Å². The zero-order valence-electron chi connectivity index (χ0n) is 16.0. The van der Waals surface area contributed by atoms with Gasteiger partial charge in [0.1, 0.15) is 12.4 Å². The molecular formula is C19H23N5O4. The fraction of sp³-hybridized carbons (Fsp3) is 0.263. The molecule has 28 heavy (non-hydrogen) atoms. The van der Waals surface area contributed by atoms with Crippen LogP contribution in [0.15, 0.2) is 42.6 Å². The third kappa shape index (κ3) is 6.27. The average molecular weight is 385 g/mol. The number of rotatable bonds is 7. The lowest BCUT2D eigenvalue weighted by Crippen LogP contribution is -2.30. The highest BCUT2D eigenvalue weighted by molar-refractivity contribution is 5.96. The van der Waals surface area contributed by atoms with E-state index in [1.54, 1.807) is 30.5 Å². The van der Waals surface area contributed by atoms with E-state index in [2.05, 4.69) is 25.7 Å². The van der Waals surface area contributed by atoms with E-state index < -0.39 is 11.9 Å². The molecule has 0 fully saturated rings. The summed E-state index contributed by atoms with van der Waals surface area (Å²) in [6, 6.07) is 9.68. The van der Waals surface area contributed by atoms with E-state index >= 15 is 0 Å². The number of hydrogen-bond donors (Lipinski definition) is 3. The topological polar surface area (TPSA) is 113 Å². The van der Waals surface area contributed by atoms with E-state index in [0.717, 1.165) is 11.4 Å². The molecule has 0 aliphatic heterocycles. The van der Waals surface area contributed by atoms with Crippen LogP contribution in [0.1, 0.15) is 15.9 Å². The summed E-state index contributed by atoms with van der Waals surface area (Å²) in [5, 5.41) is 7.86. The summed E-state index contributed by atoms with van der Waals surface area (Å²) in [5.41, 5.74) is 1.77. The molecule has 148 valence electrons. The number of urea groups is 1. The summed E-state index contributed by atoms with van der Waals surface area (Å²) in [4.78, 5) is 41.1. The Kier molecular flexibility index (Phi) is 7.32. The Balaban J connectivity index is 1.81. The third-order valence-electron chi connectivity index (χ3n) is 3.75. The minimum absolute atomic E-state index is 0.206. The number of anilines is 2. The van der Waals surface area contributed by atoms with Gasteiger partial charge in [0.2, 0.25) is 0 Å². The van der Waals surface area contributed by atoms with Gasteiger partial charge in [0, 0.05) is 38.1 Å². The number of methoxy groups -OCH3 is 1. The van der Waals surface area contributed by atoms with E-state index in [0.29, 0.717) is 17.8 Å². The van der Waals surface area contributed by atoms with Gasteiger partial charge in [-0.25, -0.2) is 9.78 Å². The van der Waals surface area contributed by atoms with Crippen molar-refractivity contribution in [1.82, 2.24) is 15.6 Å². The van der Waals surface area contributed by atoms with Gasteiger partial charge < -0.3 is 25.6 Å². The lowest BCUT2D eigenvalue weighted by Gasteiger charge is -2.12. The molecule has 0 aliphatic rings. The molecule has 0 saturated heterocycles. The largest absolute Gasteiger partial charge is 0.468 e. The summed E-state index contributed by atoms with van der Waals surface area (Å²) < 4.78 is 4.46. The molecule has 1 aromatic carbocycles. The number of hydrogen-bond acceptors (Lipinski definition) is 6. The fourth-order valence-electron chi connectivity index (χ4n) is 2.18. The van der Waals surface area contributed by atoms with Gasteiger partial charge in [0.15, 0.2) is 0 Å². The number of esters is 1. The van der Waals surface area contributed by atoms with E-state index in [9.17, 15) is 14.4 Å². The summed E-state index contributed by atoms with van der Waals surface area (Å²) in [6.45, 7) is 0.128. The predicted octanol–water partition coefficient (Wildman–Crippen LogP) is 1.37. The summed E-state index contributed by atoms with van der Waals surface area (Å²) >= 11 is 0. The van der Waals surface area contributed by atoms with E-state index in [1.165, 1.54) is 7.11 Å². The number of amides is 3. The number of aromatic nitrogens is 1. The summed E-state index contributed by atoms with van der Waals surface area (Å²) in [6.07, 6.45) is 1.71. The SMILES string of the molecule is COC(=O)CNC(=O)c1ccc(NC(=O)NCc2ccc(N(C)C)nc2)cc1. The van der Waals surface area contributed by atoms with Crippen LogP contribution in [-0.4, -0.2) is 50.6 Å². The minimum Gasteiger partial charge on any atom is -0.468 e. The number of carbonyl (C=O) groups is 3. The number of nitrogens with one attached hydrogen (secondary N) is 3. The normalized spacial score (nSPS) is 9.96. The van der Waals surface area contributed by atoms with Gasteiger partial charge in [-0.1, -0.05) is 6.07 Å². The third-order valence-corrected chi connectivity index (χ3v) is 3.75. The maximum absolute atomic E-state index is 12.0. The molecule has 0 radical (unpaired) electrons. The molecule has 0 spiro atoms. The second kappa shape index (κ2) is 9.91. The molecule has 1 heterocycles. The molecule has 0 atom stereocenters. The van der Waals surface area contributed by atoms with Crippen LogP contribution in [0.5, 0.6) is 0 Å². The van der Waals surface area contributed by atoms with Crippen molar-refractivity contribution in [3.63, 3.8) is 0 Å². The monoisotopic (exact) mass is 385 g/mol. The van der Waals surface area contributed by atoms with Crippen molar-refractivity contribution in [3.8, 4) is 0 Å². The van der Waals surface area contributed by atoms with Crippen LogP contribution in [-0.2, 0) is 16.1 Å². The predicted molar refractivity (Wildman–Crippen MR) is 105 cm³/mol. The van der Waals surface area contributed by atoms with Crippen LogP contribution in [0.3, 0.4) is 0 Å². The Morgan fingerprint density at radius 1 is 1.04 bits per heavy atom. The van der Waals surface area contributed by atoms with Crippen LogP contribution >= 0.6 is 0 Å². The number of nitrogens with zero attached hydrogens (tertiary/aromatic N) is 2. The Bertz CT molecular complexity index is 819. The first-order valence-corrected chi connectivity index (χ1v) is 8.51. The van der Waals surface area contributed by atoms with E-state index in [1.807, 2.05) is 31.1 Å². The summed E-state index contributed by atoms with van der Waals surface area (Å²) in [5.74, 6) is -0.103. The number of carbonyl (C=O) groups excluding carboxylic acids is 3. The zero-order valence-corrected chi connectivity index (χ0v) is 16.0. The average Bonchev–Trinajstić information content (AvgIpc) is 2.71. The molecule has 0 aliphatic carbocycles. The lowest BCUT2D eigenvalue weighted by atomic mass is 10.2. The Morgan fingerprint density at radius 3 is 2.32 bits per heavy atom. The van der Waals surface area contributed by atoms with Gasteiger partial charge in [0.25, 0.3) is 5.91 Å². The highest BCUT2D eigenvalue weighted by Crippen LogP contribution is 2.10. The van der Waals surface area contributed by atoms with Crippen molar-refractivity contribution in [2.24, 2.45) is 0 Å². The Morgan fingerprint density at radius 2 is 1.75 bits per heavy atom. The van der Waals surface area contributed by atoms with Gasteiger partial charge in [0.05, 0.1) is 7.11 Å². The highest BCUT2D eigenvalue weighted by Gasteiger charge is 2.09. The molecule has 0 saturated carbocycles. The van der Waals surface area contributed by atoms with Crippen molar-refractivity contribution < 1.29 is 19.1 Å². The minimum atomic E-state index is -0.533. The molecule has 3 amide bonds. The van der Waals surface area contributed by atoms with Gasteiger partial charge in [-0.05, 0) is 35.9 Å². The first kappa shape index (κ1) is 20.7. The molecule has 0 unspecified atom stereocenters. The fourth-order valence-corrected chi connectivity index (χ4v) is 2.18.